The van der Waals surface area contributed by atoms with Crippen LogP contribution in [0.1, 0.15) is 5.56 Å². The van der Waals surface area contributed by atoms with Crippen molar-refractivity contribution in [3.63, 3.8) is 0 Å². The molecule has 5 heteroatoms. The van der Waals surface area contributed by atoms with Crippen molar-refractivity contribution in [3.8, 4) is 5.75 Å². The van der Waals surface area contributed by atoms with Crippen molar-refractivity contribution in [2.45, 2.75) is 6.54 Å². The van der Waals surface area contributed by atoms with Gasteiger partial charge in [0.25, 0.3) is 0 Å². The summed E-state index contributed by atoms with van der Waals surface area (Å²) in [5.41, 5.74) is 1.21. The van der Waals surface area contributed by atoms with Crippen LogP contribution < -0.4 is 10.1 Å². The Morgan fingerprint density at radius 3 is 2.47 bits per heavy atom. The largest absolute Gasteiger partial charge is 0.497 e. The minimum absolute atomic E-state index is 0.662. The molecule has 106 valence electrons. The molecule has 5 nitrogen and oxygen atoms in total. The number of rotatable bonds is 6. The van der Waals surface area contributed by atoms with Gasteiger partial charge in [0, 0.05) is 34.3 Å². The number of nitrogens with one attached hydrogen (secondary N) is 1. The van der Waals surface area contributed by atoms with Gasteiger partial charge in [-0.2, -0.15) is 0 Å². The Bertz CT molecular complexity index is 390. The molecule has 0 aliphatic rings. The van der Waals surface area contributed by atoms with Gasteiger partial charge in [-0.05, 0) is 17.7 Å². The number of nitrogens with zero attached hydrogens (tertiary/aromatic N) is 2. The van der Waals surface area contributed by atoms with Crippen LogP contribution in [0.5, 0.6) is 5.75 Å². The van der Waals surface area contributed by atoms with Gasteiger partial charge >= 0.3 is 0 Å². The lowest BCUT2D eigenvalue weighted by Gasteiger charge is -2.22. The van der Waals surface area contributed by atoms with Gasteiger partial charge in [-0.3, -0.25) is 4.99 Å². The molecule has 1 aromatic rings. The van der Waals surface area contributed by atoms with Crippen molar-refractivity contribution in [1.82, 2.24) is 10.2 Å². The summed E-state index contributed by atoms with van der Waals surface area (Å²) in [4.78, 5) is 6.31. The van der Waals surface area contributed by atoms with Gasteiger partial charge in [0.2, 0.25) is 0 Å². The smallest absolute Gasteiger partial charge is 0.193 e. The van der Waals surface area contributed by atoms with Crippen LogP contribution in [0.25, 0.3) is 0 Å². The predicted molar refractivity (Wildman–Crippen MR) is 77.7 cm³/mol. The van der Waals surface area contributed by atoms with Crippen molar-refractivity contribution < 1.29 is 9.47 Å². The van der Waals surface area contributed by atoms with Crippen LogP contribution in [0.4, 0.5) is 0 Å². The molecule has 19 heavy (non-hydrogen) atoms. The van der Waals surface area contributed by atoms with Crippen molar-refractivity contribution in [2.24, 2.45) is 4.99 Å². The molecule has 1 rings (SSSR count). The van der Waals surface area contributed by atoms with Crippen LogP contribution in [-0.4, -0.2) is 52.3 Å². The molecule has 0 unspecified atom stereocenters. The zero-order chi connectivity index (χ0) is 14.1. The molecule has 0 aliphatic carbocycles. The van der Waals surface area contributed by atoms with Gasteiger partial charge < -0.3 is 19.7 Å². The van der Waals surface area contributed by atoms with E-state index in [1.807, 2.05) is 19.2 Å². The van der Waals surface area contributed by atoms with Crippen molar-refractivity contribution in [2.75, 3.05) is 41.5 Å². The van der Waals surface area contributed by atoms with Crippen LogP contribution in [0.3, 0.4) is 0 Å². The highest BCUT2D eigenvalue weighted by molar-refractivity contribution is 5.79. The van der Waals surface area contributed by atoms with Crippen molar-refractivity contribution in [3.05, 3.63) is 29.8 Å². The minimum Gasteiger partial charge on any atom is -0.497 e. The molecule has 1 aromatic carbocycles. The zero-order valence-corrected chi connectivity index (χ0v) is 12.1. The van der Waals surface area contributed by atoms with E-state index in [1.165, 1.54) is 5.56 Å². The SMILES string of the molecule is CN=C(NCCOC)N(C)Cc1ccc(OC)cc1. The first-order chi connectivity index (χ1) is 9.21. The van der Waals surface area contributed by atoms with E-state index >= 15 is 0 Å². The number of ether oxygens (including phenoxy) is 2. The Hall–Kier alpha value is -1.75. The third kappa shape index (κ3) is 5.18. The molecular weight excluding hydrogens is 242 g/mol. The van der Waals surface area contributed by atoms with Crippen LogP contribution in [0.2, 0.25) is 0 Å². The molecule has 0 saturated heterocycles. The quantitative estimate of drug-likeness (QED) is 0.479. The second-order valence-electron chi connectivity index (χ2n) is 4.17. The Balaban J connectivity index is 2.53. The average Bonchev–Trinajstić information content (AvgIpc) is 2.44. The molecule has 0 atom stereocenters. The maximum absolute atomic E-state index is 5.14. The first-order valence-electron chi connectivity index (χ1n) is 6.25. The fraction of sp³-hybridized carbons (Fsp3) is 0.500. The number of hydrogen-bond acceptors (Lipinski definition) is 3. The molecule has 0 radical (unpaired) electrons. The van der Waals surface area contributed by atoms with Gasteiger partial charge in [-0.15, -0.1) is 0 Å². The molecule has 0 fully saturated rings. The summed E-state index contributed by atoms with van der Waals surface area (Å²) in [6.07, 6.45) is 0. The lowest BCUT2D eigenvalue weighted by atomic mass is 10.2. The molecule has 1 N–H and O–H groups in total. The summed E-state index contributed by atoms with van der Waals surface area (Å²) in [5.74, 6) is 1.72. The monoisotopic (exact) mass is 265 g/mol. The summed E-state index contributed by atoms with van der Waals surface area (Å²) >= 11 is 0. The molecule has 0 spiro atoms. The van der Waals surface area contributed by atoms with Gasteiger partial charge in [0.05, 0.1) is 13.7 Å². The Morgan fingerprint density at radius 2 is 1.95 bits per heavy atom. The summed E-state index contributed by atoms with van der Waals surface area (Å²) in [6.45, 7) is 2.20. The van der Waals surface area contributed by atoms with E-state index in [2.05, 4.69) is 27.3 Å². The normalized spacial score (nSPS) is 11.3. The van der Waals surface area contributed by atoms with Gasteiger partial charge in [0.15, 0.2) is 5.96 Å². The topological polar surface area (TPSA) is 46.1 Å². The Labute approximate surface area is 115 Å². The fourth-order valence-corrected chi connectivity index (χ4v) is 1.73. The second kappa shape index (κ2) is 8.37. The number of methoxy groups -OCH3 is 2. The highest BCUT2D eigenvalue weighted by Gasteiger charge is 2.06. The van der Waals surface area contributed by atoms with E-state index in [4.69, 9.17) is 9.47 Å². The number of hydrogen-bond donors (Lipinski definition) is 1. The maximum atomic E-state index is 5.14. The molecule has 0 amide bonds. The van der Waals surface area contributed by atoms with E-state index < -0.39 is 0 Å². The first-order valence-corrected chi connectivity index (χ1v) is 6.25. The zero-order valence-electron chi connectivity index (χ0n) is 12.1. The maximum Gasteiger partial charge on any atom is 0.193 e. The molecule has 0 aliphatic heterocycles. The van der Waals surface area contributed by atoms with E-state index in [0.717, 1.165) is 24.8 Å². The molecule has 0 aromatic heterocycles. The van der Waals surface area contributed by atoms with Crippen LogP contribution in [-0.2, 0) is 11.3 Å². The van der Waals surface area contributed by atoms with Crippen molar-refractivity contribution >= 4 is 5.96 Å². The van der Waals surface area contributed by atoms with E-state index in [-0.39, 0.29) is 0 Å². The van der Waals surface area contributed by atoms with E-state index in [1.54, 1.807) is 21.3 Å². The number of benzene rings is 1. The molecule has 0 saturated carbocycles. The van der Waals surface area contributed by atoms with Crippen LogP contribution in [0.15, 0.2) is 29.3 Å². The summed E-state index contributed by atoms with van der Waals surface area (Å²) < 4.78 is 10.2. The van der Waals surface area contributed by atoms with Crippen LogP contribution >= 0.6 is 0 Å². The lowest BCUT2D eigenvalue weighted by molar-refractivity contribution is 0.203. The lowest BCUT2D eigenvalue weighted by Crippen LogP contribution is -2.39. The molecular formula is C14H23N3O2. The highest BCUT2D eigenvalue weighted by atomic mass is 16.5. The van der Waals surface area contributed by atoms with Crippen molar-refractivity contribution in [1.29, 1.82) is 0 Å². The molecule has 0 bridgehead atoms. The number of aliphatic imine (C=N–C) groups is 1. The van der Waals surface area contributed by atoms with E-state index in [0.29, 0.717) is 6.61 Å². The Kier molecular flexibility index (Phi) is 6.74. The van der Waals surface area contributed by atoms with Crippen LogP contribution in [0, 0.1) is 0 Å². The standard InChI is InChI=1S/C14H23N3O2/c1-15-14(16-9-10-18-3)17(2)11-12-5-7-13(19-4)8-6-12/h5-8H,9-11H2,1-4H3,(H,15,16). The summed E-state index contributed by atoms with van der Waals surface area (Å²) in [5, 5.41) is 3.24. The van der Waals surface area contributed by atoms with Gasteiger partial charge in [-0.1, -0.05) is 12.1 Å². The van der Waals surface area contributed by atoms with Gasteiger partial charge in [0.1, 0.15) is 5.75 Å². The predicted octanol–water partition coefficient (Wildman–Crippen LogP) is 1.35. The highest BCUT2D eigenvalue weighted by Crippen LogP contribution is 2.12. The van der Waals surface area contributed by atoms with E-state index in [9.17, 15) is 0 Å². The minimum atomic E-state index is 0.662. The third-order valence-corrected chi connectivity index (χ3v) is 2.74. The van der Waals surface area contributed by atoms with Gasteiger partial charge in [-0.25, -0.2) is 0 Å². The fourth-order valence-electron chi connectivity index (χ4n) is 1.73. The average molecular weight is 265 g/mol. The Morgan fingerprint density at radius 1 is 1.26 bits per heavy atom. The molecule has 0 heterocycles. The second-order valence-corrected chi connectivity index (χ2v) is 4.17. The summed E-state index contributed by atoms with van der Waals surface area (Å²) in [6, 6.07) is 8.03. The number of guanidine groups is 1. The first kappa shape index (κ1) is 15.3. The summed E-state index contributed by atoms with van der Waals surface area (Å²) in [7, 11) is 7.14. The third-order valence-electron chi connectivity index (χ3n) is 2.74.